The number of furan rings is 1. The number of para-hydroxylation sites is 2. The van der Waals surface area contributed by atoms with E-state index >= 15 is 0 Å². The fourth-order valence-electron chi connectivity index (χ4n) is 2.48. The van der Waals surface area contributed by atoms with Crippen molar-refractivity contribution in [1.29, 1.82) is 0 Å². The van der Waals surface area contributed by atoms with Crippen LogP contribution in [0.2, 0.25) is 0 Å². The fourth-order valence-corrected chi connectivity index (χ4v) is 2.48. The number of carbonyl (C=O) groups is 2. The van der Waals surface area contributed by atoms with Gasteiger partial charge >= 0.3 is 5.97 Å². The van der Waals surface area contributed by atoms with E-state index in [1.165, 1.54) is 60.7 Å². The maximum atomic E-state index is 12.1. The molecule has 3 aromatic rings. The first-order valence-electron chi connectivity index (χ1n) is 8.40. The van der Waals surface area contributed by atoms with Crippen LogP contribution in [0.25, 0.3) is 11.3 Å². The molecule has 0 saturated heterocycles. The third-order valence-electron chi connectivity index (χ3n) is 3.88. The smallest absolute Gasteiger partial charge is 0.374 e. The Balaban J connectivity index is 1.60. The van der Waals surface area contributed by atoms with Gasteiger partial charge in [0.2, 0.25) is 5.76 Å². The van der Waals surface area contributed by atoms with Gasteiger partial charge in [0.25, 0.3) is 17.3 Å². The highest BCUT2D eigenvalue weighted by atomic mass is 16.6. The van der Waals surface area contributed by atoms with E-state index in [1.54, 1.807) is 0 Å². The number of anilines is 1. The van der Waals surface area contributed by atoms with Crippen molar-refractivity contribution in [2.24, 2.45) is 0 Å². The summed E-state index contributed by atoms with van der Waals surface area (Å²) in [6.07, 6.45) is 0. The fraction of sp³-hybridized carbons (Fsp3) is 0.0526. The van der Waals surface area contributed by atoms with E-state index in [0.29, 0.717) is 5.56 Å². The number of rotatable bonds is 7. The Bertz CT molecular complexity index is 1120. The molecule has 3 rings (SSSR count). The second-order valence-corrected chi connectivity index (χ2v) is 5.87. The minimum atomic E-state index is -0.916. The molecule has 1 heterocycles. The van der Waals surface area contributed by atoms with E-state index in [4.69, 9.17) is 9.15 Å². The maximum absolute atomic E-state index is 12.1. The summed E-state index contributed by atoms with van der Waals surface area (Å²) in [6, 6.07) is 13.9. The predicted molar refractivity (Wildman–Crippen MR) is 103 cm³/mol. The number of hydrogen-bond acceptors (Lipinski definition) is 8. The third-order valence-corrected chi connectivity index (χ3v) is 3.88. The van der Waals surface area contributed by atoms with Crippen molar-refractivity contribution in [1.82, 2.24) is 0 Å². The Labute approximate surface area is 168 Å². The van der Waals surface area contributed by atoms with Crippen LogP contribution in [0.15, 0.2) is 65.1 Å². The molecule has 0 unspecified atom stereocenters. The van der Waals surface area contributed by atoms with E-state index in [9.17, 15) is 29.8 Å². The molecule has 0 aliphatic carbocycles. The number of non-ortho nitro benzene ring substituents is 1. The first-order chi connectivity index (χ1) is 14.3. The van der Waals surface area contributed by atoms with Crippen LogP contribution < -0.4 is 5.32 Å². The van der Waals surface area contributed by atoms with Crippen LogP contribution in [-0.2, 0) is 9.53 Å². The summed E-state index contributed by atoms with van der Waals surface area (Å²) in [6.45, 7) is -0.682. The van der Waals surface area contributed by atoms with Crippen molar-refractivity contribution in [2.45, 2.75) is 0 Å². The molecule has 152 valence electrons. The summed E-state index contributed by atoms with van der Waals surface area (Å²) in [5, 5.41) is 23.9. The molecule has 0 fully saturated rings. The van der Waals surface area contributed by atoms with Gasteiger partial charge in [0.05, 0.1) is 9.85 Å². The number of amides is 1. The standard InChI is InChI=1S/C19H13N3O8/c23-18(20-14-3-1-2-4-15(14)22(27)28)11-29-19(24)17-10-9-16(30-17)12-5-7-13(8-6-12)21(25)26/h1-10H,11H2,(H,20,23). The molecule has 30 heavy (non-hydrogen) atoms. The van der Waals surface area contributed by atoms with Gasteiger partial charge in [0, 0.05) is 23.8 Å². The molecule has 1 aromatic heterocycles. The van der Waals surface area contributed by atoms with Gasteiger partial charge in [-0.2, -0.15) is 0 Å². The number of hydrogen-bond donors (Lipinski definition) is 1. The molecule has 11 heteroatoms. The van der Waals surface area contributed by atoms with Crippen molar-refractivity contribution in [3.8, 4) is 11.3 Å². The van der Waals surface area contributed by atoms with Crippen molar-refractivity contribution in [2.75, 3.05) is 11.9 Å². The van der Waals surface area contributed by atoms with Gasteiger partial charge in [-0.1, -0.05) is 12.1 Å². The number of nitrogens with zero attached hydrogens (tertiary/aromatic N) is 2. The number of carbonyl (C=O) groups excluding carboxylic acids is 2. The monoisotopic (exact) mass is 411 g/mol. The highest BCUT2D eigenvalue weighted by Crippen LogP contribution is 2.25. The molecule has 2 aromatic carbocycles. The summed E-state index contributed by atoms with van der Waals surface area (Å²) < 4.78 is 10.2. The molecule has 0 atom stereocenters. The molecule has 0 aliphatic rings. The number of nitro benzene ring substituents is 2. The molecule has 0 spiro atoms. The van der Waals surface area contributed by atoms with Crippen molar-refractivity contribution in [3.05, 3.63) is 86.7 Å². The van der Waals surface area contributed by atoms with Crippen LogP contribution in [0, 0.1) is 20.2 Å². The van der Waals surface area contributed by atoms with Gasteiger partial charge in [-0.15, -0.1) is 0 Å². The molecular weight excluding hydrogens is 398 g/mol. The van der Waals surface area contributed by atoms with Gasteiger partial charge < -0.3 is 14.5 Å². The van der Waals surface area contributed by atoms with Crippen LogP contribution in [0.5, 0.6) is 0 Å². The number of ether oxygens (including phenoxy) is 1. The second-order valence-electron chi connectivity index (χ2n) is 5.87. The molecule has 0 aliphatic heterocycles. The summed E-state index contributed by atoms with van der Waals surface area (Å²) >= 11 is 0. The van der Waals surface area contributed by atoms with Crippen molar-refractivity contribution >= 4 is 28.9 Å². The minimum Gasteiger partial charge on any atom is -0.450 e. The van der Waals surface area contributed by atoms with Crippen LogP contribution in [0.1, 0.15) is 10.6 Å². The Hall–Kier alpha value is -4.54. The SMILES string of the molecule is O=C(COC(=O)c1ccc(-c2ccc([N+](=O)[O-])cc2)o1)Nc1ccccc1[N+](=O)[O-]. The van der Waals surface area contributed by atoms with E-state index in [-0.39, 0.29) is 28.6 Å². The van der Waals surface area contributed by atoms with Gasteiger partial charge in [-0.25, -0.2) is 4.79 Å². The average Bonchev–Trinajstić information content (AvgIpc) is 3.22. The highest BCUT2D eigenvalue weighted by Gasteiger charge is 2.18. The number of benzene rings is 2. The lowest BCUT2D eigenvalue weighted by Gasteiger charge is -2.06. The van der Waals surface area contributed by atoms with Crippen molar-refractivity contribution in [3.63, 3.8) is 0 Å². The minimum absolute atomic E-state index is 0.0259. The number of nitro groups is 2. The number of nitrogens with one attached hydrogen (secondary N) is 1. The topological polar surface area (TPSA) is 155 Å². The lowest BCUT2D eigenvalue weighted by molar-refractivity contribution is -0.384. The largest absolute Gasteiger partial charge is 0.450 e. The average molecular weight is 411 g/mol. The first kappa shape index (κ1) is 20.2. The normalized spacial score (nSPS) is 10.3. The maximum Gasteiger partial charge on any atom is 0.374 e. The lowest BCUT2D eigenvalue weighted by atomic mass is 10.1. The molecule has 1 N–H and O–H groups in total. The summed E-state index contributed by atoms with van der Waals surface area (Å²) in [4.78, 5) is 44.5. The van der Waals surface area contributed by atoms with Gasteiger partial charge in [-0.05, 0) is 30.3 Å². The number of esters is 1. The third kappa shape index (κ3) is 4.65. The van der Waals surface area contributed by atoms with Gasteiger partial charge in [-0.3, -0.25) is 25.0 Å². The Morgan fingerprint density at radius 1 is 0.933 bits per heavy atom. The molecule has 1 amide bonds. The zero-order valence-corrected chi connectivity index (χ0v) is 15.1. The van der Waals surface area contributed by atoms with Gasteiger partial charge in [0.1, 0.15) is 11.4 Å². The van der Waals surface area contributed by atoms with Crippen LogP contribution in [0.4, 0.5) is 17.1 Å². The Kier molecular flexibility index (Phi) is 5.82. The van der Waals surface area contributed by atoms with Crippen LogP contribution >= 0.6 is 0 Å². The highest BCUT2D eigenvalue weighted by molar-refractivity contribution is 5.96. The van der Waals surface area contributed by atoms with Gasteiger partial charge in [0.15, 0.2) is 6.61 Å². The zero-order chi connectivity index (χ0) is 21.7. The van der Waals surface area contributed by atoms with Crippen molar-refractivity contribution < 1.29 is 28.6 Å². The molecular formula is C19H13N3O8. The zero-order valence-electron chi connectivity index (χ0n) is 15.1. The van der Waals surface area contributed by atoms with E-state index in [2.05, 4.69) is 5.32 Å². The molecule has 11 nitrogen and oxygen atoms in total. The second kappa shape index (κ2) is 8.65. The van der Waals surface area contributed by atoms with E-state index in [0.717, 1.165) is 0 Å². The molecule has 0 radical (unpaired) electrons. The summed E-state index contributed by atoms with van der Waals surface area (Å²) in [7, 11) is 0. The lowest BCUT2D eigenvalue weighted by Crippen LogP contribution is -2.21. The first-order valence-corrected chi connectivity index (χ1v) is 8.40. The molecule has 0 saturated carbocycles. The van der Waals surface area contributed by atoms with E-state index in [1.807, 2.05) is 0 Å². The predicted octanol–water partition coefficient (Wildman–Crippen LogP) is 3.56. The Morgan fingerprint density at radius 3 is 2.30 bits per heavy atom. The summed E-state index contributed by atoms with van der Waals surface area (Å²) in [5.74, 6) is -1.58. The summed E-state index contributed by atoms with van der Waals surface area (Å²) in [5.41, 5.74) is 0.0985. The molecule has 0 bridgehead atoms. The van der Waals surface area contributed by atoms with Crippen LogP contribution in [0.3, 0.4) is 0 Å². The Morgan fingerprint density at radius 2 is 1.63 bits per heavy atom. The quantitative estimate of drug-likeness (QED) is 0.351. The van der Waals surface area contributed by atoms with Crippen LogP contribution in [-0.4, -0.2) is 28.3 Å². The van der Waals surface area contributed by atoms with E-state index < -0.39 is 28.3 Å².